The van der Waals surface area contributed by atoms with Crippen LogP contribution < -0.4 is 0 Å². The summed E-state index contributed by atoms with van der Waals surface area (Å²) in [5.41, 5.74) is 4.73. The molecular formula is C91H174O10. The van der Waals surface area contributed by atoms with Gasteiger partial charge in [0.2, 0.25) is 0 Å². The fourth-order valence-electron chi connectivity index (χ4n) is 8.15. The molecule has 4 unspecified atom stereocenters. The minimum absolute atomic E-state index is 0. The average Bonchev–Trinajstić information content (AvgIpc) is 0.936. The molecule has 0 amide bonds. The third kappa shape index (κ3) is 128. The van der Waals surface area contributed by atoms with E-state index < -0.39 is 0 Å². The zero-order valence-corrected chi connectivity index (χ0v) is 71.0. The Morgan fingerprint density at radius 3 is 1.02 bits per heavy atom. The lowest BCUT2D eigenvalue weighted by molar-refractivity contribution is -0.123. The number of ketones is 9. The highest BCUT2D eigenvalue weighted by atomic mass is 16.5. The van der Waals surface area contributed by atoms with E-state index in [0.29, 0.717) is 59.8 Å². The van der Waals surface area contributed by atoms with E-state index in [9.17, 15) is 43.2 Å². The molecule has 10 heteroatoms. The maximum atomic E-state index is 11.0. The third-order valence-corrected chi connectivity index (χ3v) is 14.3. The smallest absolute Gasteiger partial charge is 0.160 e. The fraction of sp³-hybridized carbons (Fsp3) is 0.725. The van der Waals surface area contributed by atoms with Crippen molar-refractivity contribution in [1.29, 1.82) is 0 Å². The van der Waals surface area contributed by atoms with Crippen molar-refractivity contribution in [1.82, 2.24) is 0 Å². The van der Waals surface area contributed by atoms with Crippen LogP contribution in [0.25, 0.3) is 0 Å². The fourth-order valence-corrected chi connectivity index (χ4v) is 8.15. The van der Waals surface area contributed by atoms with E-state index in [2.05, 4.69) is 147 Å². The van der Waals surface area contributed by atoms with E-state index in [0.717, 1.165) is 81.8 Å². The maximum absolute atomic E-state index is 11.0. The molecule has 0 aromatic heterocycles. The van der Waals surface area contributed by atoms with Gasteiger partial charge in [0.05, 0.1) is 0 Å². The Morgan fingerprint density at radius 2 is 0.812 bits per heavy atom. The van der Waals surface area contributed by atoms with Crippen LogP contribution >= 0.6 is 0 Å². The molecule has 4 atom stereocenters. The summed E-state index contributed by atoms with van der Waals surface area (Å²) in [6.07, 6.45) is 40.0. The first-order valence-electron chi connectivity index (χ1n) is 39.1. The predicted octanol–water partition coefficient (Wildman–Crippen LogP) is 28.1. The Bertz CT molecular complexity index is 2120. The first kappa shape index (κ1) is 126. The number of ether oxygens (including phenoxy) is 1. The van der Waals surface area contributed by atoms with Crippen molar-refractivity contribution in [2.24, 2.45) is 23.7 Å². The number of carbonyl (C=O) groups is 9. The summed E-state index contributed by atoms with van der Waals surface area (Å²) in [4.78, 5) is 93.3. The molecule has 0 saturated heterocycles. The summed E-state index contributed by atoms with van der Waals surface area (Å²) in [7, 11) is 0. The second-order valence-electron chi connectivity index (χ2n) is 25.7. The number of Topliss-reactive ketones (excluding diaryl/α,β-unsaturated/α-hetero) is 8. The van der Waals surface area contributed by atoms with Crippen LogP contribution in [0.5, 0.6) is 0 Å². The summed E-state index contributed by atoms with van der Waals surface area (Å²) in [5, 5.41) is 0. The molecule has 101 heavy (non-hydrogen) atoms. The first-order chi connectivity index (χ1) is 46.7. The van der Waals surface area contributed by atoms with Crippen LogP contribution in [0.4, 0.5) is 0 Å². The molecule has 0 spiro atoms. The van der Waals surface area contributed by atoms with Crippen molar-refractivity contribution in [3.8, 4) is 0 Å². The van der Waals surface area contributed by atoms with E-state index >= 15 is 0 Å². The zero-order valence-electron chi connectivity index (χ0n) is 71.0. The van der Waals surface area contributed by atoms with Crippen LogP contribution in [0.2, 0.25) is 0 Å². The van der Waals surface area contributed by atoms with E-state index in [4.69, 9.17) is 4.74 Å². The summed E-state index contributed by atoms with van der Waals surface area (Å²) >= 11 is 0. The molecule has 1 saturated carbocycles. The van der Waals surface area contributed by atoms with Gasteiger partial charge in [0.1, 0.15) is 41.3 Å². The average molecular weight is 1430 g/mol. The summed E-state index contributed by atoms with van der Waals surface area (Å²) < 4.78 is 4.75. The lowest BCUT2D eigenvalue weighted by atomic mass is 9.78. The number of hydrogen-bond donors (Lipinski definition) is 0. The molecule has 10 nitrogen and oxygen atoms in total. The Balaban J connectivity index is -0.0000000755. The van der Waals surface area contributed by atoms with Gasteiger partial charge < -0.3 is 23.9 Å². The molecule has 0 bridgehead atoms. The molecule has 4 rings (SSSR count). The first-order valence-corrected chi connectivity index (χ1v) is 39.1. The van der Waals surface area contributed by atoms with Crippen molar-refractivity contribution in [2.45, 2.75) is 402 Å². The van der Waals surface area contributed by atoms with E-state index in [1.165, 1.54) is 134 Å². The molecular weight excluding hydrogens is 1250 g/mol. The molecule has 2 aliphatic carbocycles. The van der Waals surface area contributed by atoms with Gasteiger partial charge in [0.15, 0.2) is 17.3 Å². The van der Waals surface area contributed by atoms with Crippen molar-refractivity contribution < 1.29 is 47.9 Å². The van der Waals surface area contributed by atoms with Crippen molar-refractivity contribution >= 4 is 52.0 Å². The Kier molecular flexibility index (Phi) is 132. The molecule has 0 radical (unpaired) electrons. The molecule has 0 aliphatic heterocycles. The van der Waals surface area contributed by atoms with Gasteiger partial charge in [-0.05, 0) is 170 Å². The van der Waals surface area contributed by atoms with Crippen LogP contribution in [-0.2, 0) is 49.5 Å². The lowest BCUT2D eigenvalue weighted by Gasteiger charge is -2.26. The minimum atomic E-state index is 0. The highest BCUT2D eigenvalue weighted by molar-refractivity contribution is 5.95. The normalized spacial score (nSPS) is 13.3. The Morgan fingerprint density at radius 1 is 0.426 bits per heavy atom. The Hall–Kier alpha value is -5.09. The van der Waals surface area contributed by atoms with Gasteiger partial charge in [-0.3, -0.25) is 24.0 Å². The number of carbonyl (C=O) groups excluding carboxylic acids is 9. The van der Waals surface area contributed by atoms with Gasteiger partial charge in [-0.2, -0.15) is 0 Å². The predicted molar refractivity (Wildman–Crippen MR) is 451 cm³/mol. The standard InChI is InChI=1S/C9H16O.C9H14O.C9H10O.C9H12.C7H14O.C6H12O.C6H14.C5H10O2.C5H10O.C5H8O.C5H12.C4H8O.C4H10.2C3H8.2CH4/c3*1-7-5-3-4-6-9(7)8(2)10;1-3-9-7-5-4-6-8(9)2;1-3-4-5-6-7(2)8;1-3-4-5-6(2)7;1-3-5-6-4-2;1-3-7-4-5(2)6;2*1-3-4-5(2)6;1-3-5-4-2;1-3-4(2)5;1-3-4-2;2*1-3-2;;/h7,9H,3-6H2,1-2H3;3-4,7,9H,5-6H2,1-2H3;3-6H,1-2H3;4-7H,3H2,1-2H3;3-6H2,1-2H3;3-5H2,1-2H3;3-6H2,1-2H3;3-4H2,1-2H3;3-4H2,1-2H3;3-4H,1-2H3;3-5H2,1-2H3;3H2,1-2H3;3-4H2,1-2H3;2*3H2,1-2H3;2*1H4. The number of allylic oxidation sites excluding steroid dienone is 4. The molecule has 1 fully saturated rings. The van der Waals surface area contributed by atoms with Gasteiger partial charge >= 0.3 is 0 Å². The van der Waals surface area contributed by atoms with Crippen LogP contribution in [0.3, 0.4) is 0 Å². The minimum Gasteiger partial charge on any atom is -0.374 e. The van der Waals surface area contributed by atoms with Crippen molar-refractivity contribution in [2.75, 3.05) is 13.2 Å². The number of hydrogen-bond acceptors (Lipinski definition) is 10. The molecule has 598 valence electrons. The van der Waals surface area contributed by atoms with Gasteiger partial charge in [0.25, 0.3) is 0 Å². The molecule has 2 aromatic carbocycles. The largest absolute Gasteiger partial charge is 0.374 e. The number of benzene rings is 2. The lowest BCUT2D eigenvalue weighted by Crippen LogP contribution is -2.22. The van der Waals surface area contributed by atoms with Crippen molar-refractivity contribution in [3.05, 3.63) is 95.1 Å². The van der Waals surface area contributed by atoms with Gasteiger partial charge in [-0.1, -0.05) is 308 Å². The number of unbranched alkanes of at least 4 members (excludes halogenated alkanes) is 9. The van der Waals surface area contributed by atoms with Gasteiger partial charge in [-0.25, -0.2) is 0 Å². The quantitative estimate of drug-likeness (QED) is 0.0428. The topological polar surface area (TPSA) is 163 Å². The highest BCUT2D eigenvalue weighted by Gasteiger charge is 2.24. The highest BCUT2D eigenvalue weighted by Crippen LogP contribution is 2.30. The van der Waals surface area contributed by atoms with E-state index in [-0.39, 0.29) is 50.4 Å². The second-order valence-corrected chi connectivity index (χ2v) is 25.7. The van der Waals surface area contributed by atoms with E-state index in [1.54, 1.807) is 54.5 Å². The second kappa shape index (κ2) is 106. The third-order valence-electron chi connectivity index (χ3n) is 14.3. The SMILES string of the molecule is C.C.CC(=O)C1CC=CCC1C.CC(=O)C1CCCCC1C.CC(=O)c1ccccc1C.CC=CC(C)=O.CCC.CCC.CCC(C)=O.CCCC.CCCC(C)=O.CCCCC.CCCCC(C)=O.CCCCCC.CCCCCC(C)=O.CCOCC(C)=O.CCc1ccccc1C. The number of rotatable bonds is 24. The van der Waals surface area contributed by atoms with Gasteiger partial charge in [0, 0.05) is 49.7 Å². The van der Waals surface area contributed by atoms with E-state index in [1.807, 2.05) is 58.9 Å². The van der Waals surface area contributed by atoms with Gasteiger partial charge in [-0.15, -0.1) is 0 Å². The maximum Gasteiger partial charge on any atom is 0.160 e. The molecule has 0 N–H and O–H groups in total. The number of aryl methyl sites for hydroxylation is 3. The van der Waals surface area contributed by atoms with Crippen LogP contribution in [-0.4, -0.2) is 65.3 Å². The monoisotopic (exact) mass is 1430 g/mol. The summed E-state index contributed by atoms with van der Waals surface area (Å²) in [5.74, 6) is 4.12. The molecule has 0 heterocycles. The van der Waals surface area contributed by atoms with Crippen LogP contribution in [0.15, 0.2) is 72.8 Å². The van der Waals surface area contributed by atoms with Crippen LogP contribution in [0, 0.1) is 37.5 Å². The summed E-state index contributed by atoms with van der Waals surface area (Å²) in [6, 6.07) is 16.1. The summed E-state index contributed by atoms with van der Waals surface area (Å²) in [6.45, 7) is 59.5. The Labute approximate surface area is 631 Å². The molecule has 2 aliphatic rings. The van der Waals surface area contributed by atoms with Crippen molar-refractivity contribution in [3.63, 3.8) is 0 Å². The zero-order chi connectivity index (χ0) is 79.2. The van der Waals surface area contributed by atoms with Crippen LogP contribution in [0.1, 0.15) is 409 Å². The molecule has 2 aromatic rings.